The van der Waals surface area contributed by atoms with Crippen molar-refractivity contribution in [2.45, 2.75) is 32.7 Å². The molecule has 1 aliphatic rings. The van der Waals surface area contributed by atoms with E-state index in [1.807, 2.05) is 0 Å². The Morgan fingerprint density at radius 3 is 2.73 bits per heavy atom. The second kappa shape index (κ2) is 7.47. The Labute approximate surface area is 158 Å². The third-order valence-electron chi connectivity index (χ3n) is 3.81. The first-order chi connectivity index (χ1) is 12.3. The van der Waals surface area contributed by atoms with Crippen LogP contribution in [-0.4, -0.2) is 21.5 Å². The lowest BCUT2D eigenvalue weighted by atomic mass is 10.1. The third-order valence-corrected chi connectivity index (χ3v) is 4.60. The smallest absolute Gasteiger partial charge is 0.427 e. The molecular weight excluding hydrogens is 383 g/mol. The molecule has 0 spiro atoms. The van der Waals surface area contributed by atoms with Crippen LogP contribution in [0.2, 0.25) is 10.0 Å². The number of halogens is 2. The summed E-state index contributed by atoms with van der Waals surface area (Å²) in [4.78, 5) is 35.6. The molecule has 1 aromatic heterocycles. The third kappa shape index (κ3) is 3.89. The van der Waals surface area contributed by atoms with E-state index in [2.05, 4.69) is 5.10 Å². The number of hydrogen-bond acceptors (Lipinski definition) is 6. The van der Waals surface area contributed by atoms with Crippen LogP contribution < -0.4 is 5.76 Å². The Kier molecular flexibility index (Phi) is 5.29. The largest absolute Gasteiger partial charge is 0.437 e. The van der Waals surface area contributed by atoms with E-state index < -0.39 is 11.7 Å². The lowest BCUT2D eigenvalue weighted by Gasteiger charge is -2.14. The number of hydrogen-bond donors (Lipinski definition) is 0. The molecule has 2 aromatic rings. The average molecular weight is 397 g/mol. The first-order valence-corrected chi connectivity index (χ1v) is 8.57. The van der Waals surface area contributed by atoms with Crippen LogP contribution in [0.3, 0.4) is 0 Å². The molecule has 0 saturated heterocycles. The molecule has 0 fully saturated rings. The number of nitrogens with zero attached hydrogens (tertiary/aromatic N) is 2. The van der Waals surface area contributed by atoms with Crippen LogP contribution in [0.15, 0.2) is 33.2 Å². The highest BCUT2D eigenvalue weighted by molar-refractivity contribution is 6.38. The Hall–Kier alpha value is -2.38. The molecule has 3 rings (SSSR count). The number of carbonyl (C=O) groups is 2. The van der Waals surface area contributed by atoms with Crippen molar-refractivity contribution in [1.29, 1.82) is 0 Å². The summed E-state index contributed by atoms with van der Waals surface area (Å²) < 4.78 is 11.2. The summed E-state index contributed by atoms with van der Waals surface area (Å²) in [6.45, 7) is 1.48. The van der Waals surface area contributed by atoms with E-state index in [0.717, 1.165) is 4.68 Å². The second-order valence-electron chi connectivity index (χ2n) is 5.75. The standard InChI is InChI=1S/C17H14Cl2N2O5/c1-9-20-21(17(24)25-9)8-13-14(18)6-5-12(15(13)19)16(23)26-11-4-2-3-10(22)7-11/h5-7H,2-4,8H2,1H3. The van der Waals surface area contributed by atoms with E-state index in [4.69, 9.17) is 32.4 Å². The zero-order valence-electron chi connectivity index (χ0n) is 13.8. The van der Waals surface area contributed by atoms with Crippen LogP contribution in [0.1, 0.15) is 41.1 Å². The molecule has 0 atom stereocenters. The molecule has 1 aromatic carbocycles. The summed E-state index contributed by atoms with van der Waals surface area (Å²) >= 11 is 12.5. The monoisotopic (exact) mass is 396 g/mol. The van der Waals surface area contributed by atoms with Gasteiger partial charge in [0.25, 0.3) is 0 Å². The minimum absolute atomic E-state index is 0.0535. The molecular formula is C17H14Cl2N2O5. The summed E-state index contributed by atoms with van der Waals surface area (Å²) in [5.74, 6) is -0.928. The van der Waals surface area contributed by atoms with Gasteiger partial charge in [-0.25, -0.2) is 9.59 Å². The molecule has 136 valence electrons. The molecule has 1 aliphatic carbocycles. The Morgan fingerprint density at radius 2 is 2.08 bits per heavy atom. The van der Waals surface area contributed by atoms with E-state index in [1.165, 1.54) is 25.1 Å². The fourth-order valence-electron chi connectivity index (χ4n) is 2.58. The molecule has 0 unspecified atom stereocenters. The SMILES string of the molecule is Cc1nn(Cc2c(Cl)ccc(C(=O)OC3=CC(=O)CCC3)c2Cl)c(=O)o1. The van der Waals surface area contributed by atoms with E-state index in [1.54, 1.807) is 0 Å². The molecule has 0 aliphatic heterocycles. The van der Waals surface area contributed by atoms with Gasteiger partial charge < -0.3 is 9.15 Å². The Balaban J connectivity index is 1.89. The first-order valence-electron chi connectivity index (χ1n) is 7.82. The predicted octanol–water partition coefficient (Wildman–Crippen LogP) is 3.29. The fraction of sp³-hybridized carbons (Fsp3) is 0.294. The van der Waals surface area contributed by atoms with Crippen molar-refractivity contribution in [3.05, 3.63) is 61.6 Å². The van der Waals surface area contributed by atoms with E-state index in [-0.39, 0.29) is 33.8 Å². The summed E-state index contributed by atoms with van der Waals surface area (Å²) in [5.41, 5.74) is 0.421. The van der Waals surface area contributed by atoms with Crippen LogP contribution in [-0.2, 0) is 16.1 Å². The van der Waals surface area contributed by atoms with Gasteiger partial charge in [0.2, 0.25) is 5.89 Å². The van der Waals surface area contributed by atoms with Crippen molar-refractivity contribution >= 4 is 35.0 Å². The number of carbonyl (C=O) groups excluding carboxylic acids is 2. The van der Waals surface area contributed by atoms with Crippen molar-refractivity contribution in [2.75, 3.05) is 0 Å². The number of allylic oxidation sites excluding steroid dienone is 2. The van der Waals surface area contributed by atoms with Gasteiger partial charge in [0.1, 0.15) is 5.76 Å². The number of benzene rings is 1. The molecule has 7 nitrogen and oxygen atoms in total. The number of aromatic nitrogens is 2. The van der Waals surface area contributed by atoms with E-state index in [0.29, 0.717) is 30.6 Å². The zero-order chi connectivity index (χ0) is 18.8. The summed E-state index contributed by atoms with van der Waals surface area (Å²) in [6, 6.07) is 2.91. The lowest BCUT2D eigenvalue weighted by Crippen LogP contribution is -2.18. The minimum atomic E-state index is -0.697. The zero-order valence-corrected chi connectivity index (χ0v) is 15.3. The van der Waals surface area contributed by atoms with Crippen molar-refractivity contribution in [3.8, 4) is 0 Å². The van der Waals surface area contributed by atoms with Crippen LogP contribution >= 0.6 is 23.2 Å². The normalized spacial score (nSPS) is 14.3. The topological polar surface area (TPSA) is 91.4 Å². The summed E-state index contributed by atoms with van der Waals surface area (Å²) in [6.07, 6.45) is 2.90. The fourth-order valence-corrected chi connectivity index (χ4v) is 3.14. The highest BCUT2D eigenvalue weighted by Gasteiger charge is 2.21. The molecule has 0 N–H and O–H groups in total. The van der Waals surface area contributed by atoms with Gasteiger partial charge in [0.05, 0.1) is 17.1 Å². The molecule has 0 radical (unpaired) electrons. The maximum Gasteiger partial charge on any atom is 0.437 e. The average Bonchev–Trinajstić information content (AvgIpc) is 2.88. The summed E-state index contributed by atoms with van der Waals surface area (Å²) in [5, 5.41) is 4.24. The maximum absolute atomic E-state index is 12.4. The van der Waals surface area contributed by atoms with Crippen LogP contribution in [0.5, 0.6) is 0 Å². The number of ketones is 1. The van der Waals surface area contributed by atoms with Gasteiger partial charge in [0, 0.05) is 36.4 Å². The molecule has 0 saturated carbocycles. The van der Waals surface area contributed by atoms with Gasteiger partial charge >= 0.3 is 11.7 Å². The van der Waals surface area contributed by atoms with Crippen molar-refractivity contribution in [3.63, 3.8) is 0 Å². The Bertz CT molecular complexity index is 974. The van der Waals surface area contributed by atoms with Crippen molar-refractivity contribution < 1.29 is 18.7 Å². The van der Waals surface area contributed by atoms with Gasteiger partial charge in [-0.2, -0.15) is 4.68 Å². The summed E-state index contributed by atoms with van der Waals surface area (Å²) in [7, 11) is 0. The van der Waals surface area contributed by atoms with Crippen molar-refractivity contribution in [2.24, 2.45) is 0 Å². The minimum Gasteiger partial charge on any atom is -0.427 e. The number of esters is 1. The highest BCUT2D eigenvalue weighted by Crippen LogP contribution is 2.30. The molecule has 9 heteroatoms. The van der Waals surface area contributed by atoms with Gasteiger partial charge in [0.15, 0.2) is 5.78 Å². The molecule has 0 amide bonds. The van der Waals surface area contributed by atoms with E-state index in [9.17, 15) is 14.4 Å². The van der Waals surface area contributed by atoms with Crippen molar-refractivity contribution in [1.82, 2.24) is 9.78 Å². The van der Waals surface area contributed by atoms with Gasteiger partial charge in [-0.3, -0.25) is 4.79 Å². The number of aryl methyl sites for hydroxylation is 1. The van der Waals surface area contributed by atoms with E-state index >= 15 is 0 Å². The number of rotatable bonds is 4. The van der Waals surface area contributed by atoms with Crippen LogP contribution in [0, 0.1) is 6.92 Å². The van der Waals surface area contributed by atoms with Gasteiger partial charge in [-0.05, 0) is 18.6 Å². The number of ether oxygens (including phenoxy) is 1. The second-order valence-corrected chi connectivity index (χ2v) is 6.54. The Morgan fingerprint density at radius 1 is 1.31 bits per heavy atom. The lowest BCUT2D eigenvalue weighted by molar-refractivity contribution is -0.115. The van der Waals surface area contributed by atoms with Crippen LogP contribution in [0.4, 0.5) is 0 Å². The maximum atomic E-state index is 12.4. The van der Waals surface area contributed by atoms with Gasteiger partial charge in [-0.1, -0.05) is 23.2 Å². The molecule has 0 bridgehead atoms. The predicted molar refractivity (Wildman–Crippen MR) is 93.4 cm³/mol. The highest BCUT2D eigenvalue weighted by atomic mass is 35.5. The quantitative estimate of drug-likeness (QED) is 0.736. The molecule has 1 heterocycles. The van der Waals surface area contributed by atoms with Crippen LogP contribution in [0.25, 0.3) is 0 Å². The van der Waals surface area contributed by atoms with Gasteiger partial charge in [-0.15, -0.1) is 5.10 Å². The molecule has 26 heavy (non-hydrogen) atoms. The first kappa shape index (κ1) is 18.4.